The molecule has 0 bridgehead atoms. The molecular weight excluding hydrogens is 278 g/mol. The van der Waals surface area contributed by atoms with Gasteiger partial charge in [0.1, 0.15) is 5.75 Å². The van der Waals surface area contributed by atoms with Crippen molar-refractivity contribution < 1.29 is 14.2 Å². The van der Waals surface area contributed by atoms with Crippen LogP contribution in [0.4, 0.5) is 5.69 Å². The molecule has 4 heteroatoms. The molecule has 1 heterocycles. The zero-order valence-electron chi connectivity index (χ0n) is 13.4. The van der Waals surface area contributed by atoms with Crippen molar-refractivity contribution in [3.63, 3.8) is 0 Å². The van der Waals surface area contributed by atoms with E-state index < -0.39 is 0 Å². The Morgan fingerprint density at radius 3 is 2.41 bits per heavy atom. The summed E-state index contributed by atoms with van der Waals surface area (Å²) >= 11 is 0. The van der Waals surface area contributed by atoms with Gasteiger partial charge in [0.05, 0.1) is 7.11 Å². The van der Waals surface area contributed by atoms with Gasteiger partial charge in [0, 0.05) is 11.7 Å². The van der Waals surface area contributed by atoms with Crippen LogP contribution in [0, 0.1) is 13.8 Å². The number of hydrogen-bond donors (Lipinski definition) is 1. The van der Waals surface area contributed by atoms with Crippen LogP contribution in [0.15, 0.2) is 30.3 Å². The smallest absolute Gasteiger partial charge is 0.231 e. The Kier molecular flexibility index (Phi) is 3.84. The van der Waals surface area contributed by atoms with Crippen LogP contribution in [0.2, 0.25) is 0 Å². The molecule has 116 valence electrons. The maximum atomic E-state index is 5.44. The molecule has 22 heavy (non-hydrogen) atoms. The van der Waals surface area contributed by atoms with Gasteiger partial charge >= 0.3 is 0 Å². The molecule has 1 aliphatic heterocycles. The number of nitrogens with one attached hydrogen (secondary N) is 1. The molecule has 0 aromatic heterocycles. The van der Waals surface area contributed by atoms with Crippen LogP contribution >= 0.6 is 0 Å². The van der Waals surface area contributed by atoms with E-state index in [-0.39, 0.29) is 6.04 Å². The van der Waals surface area contributed by atoms with E-state index in [0.29, 0.717) is 6.79 Å². The van der Waals surface area contributed by atoms with E-state index in [4.69, 9.17) is 14.2 Å². The van der Waals surface area contributed by atoms with Crippen LogP contribution in [-0.2, 0) is 0 Å². The highest BCUT2D eigenvalue weighted by molar-refractivity contribution is 5.56. The van der Waals surface area contributed by atoms with Gasteiger partial charge < -0.3 is 19.5 Å². The third-order valence-corrected chi connectivity index (χ3v) is 3.94. The number of hydrogen-bond acceptors (Lipinski definition) is 4. The van der Waals surface area contributed by atoms with Gasteiger partial charge in [-0.1, -0.05) is 6.07 Å². The summed E-state index contributed by atoms with van der Waals surface area (Å²) in [6.45, 7) is 6.55. The van der Waals surface area contributed by atoms with Gasteiger partial charge in [-0.3, -0.25) is 0 Å². The highest BCUT2D eigenvalue weighted by Gasteiger charge is 2.16. The molecule has 0 aliphatic carbocycles. The van der Waals surface area contributed by atoms with E-state index in [9.17, 15) is 0 Å². The lowest BCUT2D eigenvalue weighted by molar-refractivity contribution is 0.174. The first-order chi connectivity index (χ1) is 10.6. The molecule has 0 amide bonds. The predicted octanol–water partition coefficient (Wildman–Crippen LogP) is 4.21. The predicted molar refractivity (Wildman–Crippen MR) is 87.1 cm³/mol. The van der Waals surface area contributed by atoms with Gasteiger partial charge in [-0.25, -0.2) is 0 Å². The zero-order chi connectivity index (χ0) is 15.7. The summed E-state index contributed by atoms with van der Waals surface area (Å²) in [5.41, 5.74) is 4.50. The van der Waals surface area contributed by atoms with Gasteiger partial charge in [-0.2, -0.15) is 0 Å². The molecule has 2 aromatic rings. The monoisotopic (exact) mass is 299 g/mol. The van der Waals surface area contributed by atoms with Crippen molar-refractivity contribution in [3.05, 3.63) is 47.0 Å². The number of methoxy groups -OCH3 is 1. The topological polar surface area (TPSA) is 39.7 Å². The first-order valence-electron chi connectivity index (χ1n) is 7.40. The van der Waals surface area contributed by atoms with E-state index in [0.717, 1.165) is 39.6 Å². The van der Waals surface area contributed by atoms with Crippen LogP contribution < -0.4 is 19.5 Å². The lowest BCUT2D eigenvalue weighted by Crippen LogP contribution is -2.07. The third kappa shape index (κ3) is 2.69. The Morgan fingerprint density at radius 2 is 1.73 bits per heavy atom. The number of fused-ring (bicyclic) bond motifs is 1. The molecule has 0 spiro atoms. The number of rotatable bonds is 4. The summed E-state index contributed by atoms with van der Waals surface area (Å²) in [6, 6.07) is 10.4. The molecule has 1 aliphatic rings. The summed E-state index contributed by atoms with van der Waals surface area (Å²) in [4.78, 5) is 0. The number of benzene rings is 2. The second kappa shape index (κ2) is 5.79. The van der Waals surface area contributed by atoms with E-state index in [2.05, 4.69) is 44.3 Å². The minimum Gasteiger partial charge on any atom is -0.496 e. The molecule has 0 radical (unpaired) electrons. The van der Waals surface area contributed by atoms with Crippen LogP contribution in [0.3, 0.4) is 0 Å². The van der Waals surface area contributed by atoms with Gasteiger partial charge in [0.25, 0.3) is 0 Å². The summed E-state index contributed by atoms with van der Waals surface area (Å²) in [5.74, 6) is 2.57. The molecule has 0 saturated heterocycles. The Bertz CT molecular complexity index is 674. The van der Waals surface area contributed by atoms with Gasteiger partial charge in [-0.15, -0.1) is 0 Å². The minimum absolute atomic E-state index is 0.168. The maximum Gasteiger partial charge on any atom is 0.231 e. The van der Waals surface area contributed by atoms with E-state index in [1.54, 1.807) is 7.11 Å². The highest BCUT2D eigenvalue weighted by Crippen LogP contribution is 2.35. The second-order valence-corrected chi connectivity index (χ2v) is 5.62. The summed E-state index contributed by atoms with van der Waals surface area (Å²) in [6.07, 6.45) is 0. The molecule has 0 saturated carbocycles. The SMILES string of the molecule is COc1c(C)cc(N[C@@H](C)c2ccc3c(c2)OCO3)cc1C. The normalized spacial score (nSPS) is 13.8. The summed E-state index contributed by atoms with van der Waals surface area (Å²) < 4.78 is 16.2. The second-order valence-electron chi connectivity index (χ2n) is 5.62. The van der Waals surface area contributed by atoms with E-state index >= 15 is 0 Å². The summed E-state index contributed by atoms with van der Waals surface area (Å²) in [7, 11) is 1.71. The van der Waals surface area contributed by atoms with Crippen LogP contribution in [-0.4, -0.2) is 13.9 Å². The quantitative estimate of drug-likeness (QED) is 0.918. The average Bonchev–Trinajstić information content (AvgIpc) is 2.94. The standard InChI is InChI=1S/C18H21NO3/c1-11-7-15(8-12(2)18(11)20-4)19-13(3)14-5-6-16-17(9-14)22-10-21-16/h5-9,13,19H,10H2,1-4H3/t13-/m0/s1. The molecule has 1 atom stereocenters. The lowest BCUT2D eigenvalue weighted by atomic mass is 10.1. The van der Waals surface area contributed by atoms with Crippen molar-refractivity contribution in [2.45, 2.75) is 26.8 Å². The van der Waals surface area contributed by atoms with Crippen molar-refractivity contribution in [1.29, 1.82) is 0 Å². The van der Waals surface area contributed by atoms with Crippen molar-refractivity contribution >= 4 is 5.69 Å². The largest absolute Gasteiger partial charge is 0.496 e. The molecule has 2 aromatic carbocycles. The van der Waals surface area contributed by atoms with Crippen LogP contribution in [0.1, 0.15) is 29.7 Å². The van der Waals surface area contributed by atoms with Crippen molar-refractivity contribution in [2.75, 3.05) is 19.2 Å². The zero-order valence-corrected chi connectivity index (χ0v) is 13.4. The Hall–Kier alpha value is -2.36. The fraction of sp³-hybridized carbons (Fsp3) is 0.333. The fourth-order valence-corrected chi connectivity index (χ4v) is 2.87. The van der Waals surface area contributed by atoms with Crippen molar-refractivity contribution in [3.8, 4) is 17.2 Å². The number of aryl methyl sites for hydroxylation is 2. The minimum atomic E-state index is 0.168. The van der Waals surface area contributed by atoms with Gasteiger partial charge in [0.15, 0.2) is 11.5 Å². The molecule has 3 rings (SSSR count). The highest BCUT2D eigenvalue weighted by atomic mass is 16.7. The number of ether oxygens (including phenoxy) is 3. The van der Waals surface area contributed by atoms with Gasteiger partial charge in [-0.05, 0) is 61.7 Å². The first-order valence-corrected chi connectivity index (χ1v) is 7.40. The Morgan fingerprint density at radius 1 is 1.05 bits per heavy atom. The Balaban J connectivity index is 1.81. The molecule has 0 unspecified atom stereocenters. The average molecular weight is 299 g/mol. The Labute approximate surface area is 131 Å². The summed E-state index contributed by atoms with van der Waals surface area (Å²) in [5, 5.41) is 3.53. The van der Waals surface area contributed by atoms with E-state index in [1.165, 1.54) is 0 Å². The molecule has 1 N–H and O–H groups in total. The lowest BCUT2D eigenvalue weighted by Gasteiger charge is -2.18. The van der Waals surface area contributed by atoms with Crippen LogP contribution in [0.5, 0.6) is 17.2 Å². The van der Waals surface area contributed by atoms with Gasteiger partial charge in [0.2, 0.25) is 6.79 Å². The third-order valence-electron chi connectivity index (χ3n) is 3.94. The van der Waals surface area contributed by atoms with E-state index in [1.807, 2.05) is 12.1 Å². The van der Waals surface area contributed by atoms with Crippen molar-refractivity contribution in [2.24, 2.45) is 0 Å². The number of anilines is 1. The maximum absolute atomic E-state index is 5.44. The fourth-order valence-electron chi connectivity index (χ4n) is 2.87. The van der Waals surface area contributed by atoms with Crippen molar-refractivity contribution in [1.82, 2.24) is 0 Å². The first kappa shape index (κ1) is 14.6. The molecule has 4 nitrogen and oxygen atoms in total. The molecule has 0 fully saturated rings. The van der Waals surface area contributed by atoms with Crippen LogP contribution in [0.25, 0.3) is 0 Å². The molecular formula is C18H21NO3.